The molecule has 1 amide bonds. The number of rotatable bonds is 6. The van der Waals surface area contributed by atoms with Gasteiger partial charge in [0.25, 0.3) is 5.91 Å². The minimum Gasteiger partial charge on any atom is -0.461 e. The van der Waals surface area contributed by atoms with Crippen molar-refractivity contribution in [3.63, 3.8) is 0 Å². The van der Waals surface area contributed by atoms with E-state index in [2.05, 4.69) is 10.6 Å². The number of nitrogens with one attached hydrogen (secondary N) is 2. The van der Waals surface area contributed by atoms with E-state index in [0.29, 0.717) is 59.6 Å². The van der Waals surface area contributed by atoms with Gasteiger partial charge in [-0.25, -0.2) is 12.8 Å². The normalized spacial score (nSPS) is 26.3. The molecule has 0 bridgehead atoms. The fourth-order valence-electron chi connectivity index (χ4n) is 6.95. The molecule has 0 radical (unpaired) electrons. The van der Waals surface area contributed by atoms with Gasteiger partial charge in [-0.2, -0.15) is 0 Å². The number of carbonyl (C=O) groups excluding carboxylic acids is 2. The molecule has 12 heteroatoms. The summed E-state index contributed by atoms with van der Waals surface area (Å²) in [6.45, 7) is 5.03. The first-order valence-electron chi connectivity index (χ1n) is 14.3. The lowest BCUT2D eigenvalue weighted by atomic mass is 9.89. The predicted octanol–water partition coefficient (Wildman–Crippen LogP) is 3.12. The zero-order valence-electron chi connectivity index (χ0n) is 23.4. The highest BCUT2D eigenvalue weighted by Gasteiger charge is 2.43. The van der Waals surface area contributed by atoms with E-state index in [1.807, 2.05) is 13.8 Å². The summed E-state index contributed by atoms with van der Waals surface area (Å²) in [5.74, 6) is -1.85. The van der Waals surface area contributed by atoms with Crippen molar-refractivity contribution in [1.82, 2.24) is 9.88 Å². The second-order valence-corrected chi connectivity index (χ2v) is 14.5. The number of fused-ring (bicyclic) bond motifs is 3. The Morgan fingerprint density at radius 2 is 1.90 bits per heavy atom. The third-order valence-electron chi connectivity index (χ3n) is 8.69. The smallest absolute Gasteiger partial charge is 0.323 e. The number of anilines is 1. The summed E-state index contributed by atoms with van der Waals surface area (Å²) >= 11 is 0. The van der Waals surface area contributed by atoms with Crippen LogP contribution in [0.2, 0.25) is 0 Å². The van der Waals surface area contributed by atoms with Gasteiger partial charge in [0.15, 0.2) is 9.84 Å². The van der Waals surface area contributed by atoms with Crippen LogP contribution in [0.15, 0.2) is 17.0 Å². The molecule has 1 aliphatic carbocycles. The molecule has 41 heavy (non-hydrogen) atoms. The van der Waals surface area contributed by atoms with Gasteiger partial charge in [-0.1, -0.05) is 13.8 Å². The van der Waals surface area contributed by atoms with E-state index < -0.39 is 27.0 Å². The van der Waals surface area contributed by atoms with Crippen LogP contribution in [-0.2, 0) is 43.7 Å². The van der Waals surface area contributed by atoms with E-state index in [-0.39, 0.29) is 54.4 Å². The predicted molar refractivity (Wildman–Crippen MR) is 149 cm³/mol. The number of esters is 1. The maximum absolute atomic E-state index is 15.6. The van der Waals surface area contributed by atoms with Crippen molar-refractivity contribution in [1.29, 1.82) is 0 Å². The summed E-state index contributed by atoms with van der Waals surface area (Å²) in [5, 5.41) is 6.49. The Morgan fingerprint density at radius 3 is 2.59 bits per heavy atom. The second-order valence-electron chi connectivity index (χ2n) is 12.5. The largest absolute Gasteiger partial charge is 0.461 e. The number of hydrogen-bond acceptors (Lipinski definition) is 8. The quantitative estimate of drug-likeness (QED) is 0.437. The molecule has 4 N–H and O–H groups in total. The van der Waals surface area contributed by atoms with Crippen LogP contribution in [0.4, 0.5) is 10.1 Å². The topological polar surface area (TPSA) is 142 Å². The Hall–Kier alpha value is -2.96. The molecule has 1 aromatic carbocycles. The molecule has 2 aromatic rings. The minimum absolute atomic E-state index is 0.0282. The number of sulfone groups is 1. The van der Waals surface area contributed by atoms with Gasteiger partial charge in [-0.3, -0.25) is 9.59 Å². The first-order valence-corrected chi connectivity index (χ1v) is 16.0. The van der Waals surface area contributed by atoms with Gasteiger partial charge in [0.05, 0.1) is 46.5 Å². The van der Waals surface area contributed by atoms with Crippen molar-refractivity contribution in [2.24, 2.45) is 11.1 Å². The fraction of sp³-hybridized carbons (Fsp3) is 0.586. The van der Waals surface area contributed by atoms with Crippen molar-refractivity contribution in [2.75, 3.05) is 17.6 Å². The number of amides is 1. The third-order valence-corrected chi connectivity index (χ3v) is 11.0. The first-order chi connectivity index (χ1) is 19.4. The third kappa shape index (κ3) is 5.25. The number of nitrogens with two attached hydrogens (primary N) is 1. The number of primary amides is 1. The Bertz CT molecular complexity index is 1500. The van der Waals surface area contributed by atoms with Gasteiger partial charge >= 0.3 is 5.97 Å². The number of hydrogen-bond donors (Lipinski definition) is 3. The molecular formula is C29H37FN4O6S. The molecule has 4 aliphatic rings. The zero-order valence-corrected chi connectivity index (χ0v) is 24.2. The molecule has 1 aromatic heterocycles. The highest BCUT2D eigenvalue weighted by atomic mass is 32.2. The lowest BCUT2D eigenvalue weighted by Gasteiger charge is -2.32. The summed E-state index contributed by atoms with van der Waals surface area (Å²) in [7, 11) is -3.57. The number of ether oxygens (including phenoxy) is 2. The molecule has 222 valence electrons. The maximum Gasteiger partial charge on any atom is 0.323 e. The SMILES string of the molecule is CC1(C)Cc2c(c3c(n2-c2cc(F)c(C(N)=O)c(NC4CCC(OC(=O)[C@@H]5CCCN5)CC4)c2)COC3)S(=O)(=O)C1. The lowest BCUT2D eigenvalue weighted by Crippen LogP contribution is -2.37. The van der Waals surface area contributed by atoms with Crippen LogP contribution in [0.1, 0.15) is 79.7 Å². The first kappa shape index (κ1) is 28.2. The number of carbonyl (C=O) groups is 2. The van der Waals surface area contributed by atoms with Crippen LogP contribution in [0.3, 0.4) is 0 Å². The minimum atomic E-state index is -3.57. The summed E-state index contributed by atoms with van der Waals surface area (Å²) in [5.41, 5.74) is 7.48. The molecule has 3 aliphatic heterocycles. The van der Waals surface area contributed by atoms with Crippen LogP contribution in [0, 0.1) is 11.2 Å². The van der Waals surface area contributed by atoms with Gasteiger partial charge in [0.1, 0.15) is 18.0 Å². The Kier molecular flexibility index (Phi) is 7.14. The number of nitrogens with zero attached hydrogens (tertiary/aromatic N) is 1. The van der Waals surface area contributed by atoms with Crippen LogP contribution >= 0.6 is 0 Å². The van der Waals surface area contributed by atoms with Crippen molar-refractivity contribution in [3.05, 3.63) is 40.5 Å². The average molecular weight is 589 g/mol. The standard InChI is InChI=1S/C29H37FN4O6S/c1-29(2)12-23-26(41(37,38)15-29)19-13-39-14-24(19)34(23)17-10-20(30)25(27(31)35)22(11-17)33-16-5-7-18(8-6-16)40-28(36)21-4-3-9-32-21/h10-11,16,18,21,32-33H,3-9,12-15H2,1-2H3,(H2,31,35)/t16?,18?,21-/m0/s1. The summed E-state index contributed by atoms with van der Waals surface area (Å²) in [6.07, 6.45) is 4.68. The van der Waals surface area contributed by atoms with Crippen LogP contribution < -0.4 is 16.4 Å². The lowest BCUT2D eigenvalue weighted by molar-refractivity contribution is -0.152. The highest BCUT2D eigenvalue weighted by molar-refractivity contribution is 7.91. The zero-order chi connectivity index (χ0) is 29.1. The Labute approximate surface area is 239 Å². The maximum atomic E-state index is 15.6. The van der Waals surface area contributed by atoms with Crippen LogP contribution in [-0.4, -0.2) is 55.3 Å². The van der Waals surface area contributed by atoms with E-state index in [9.17, 15) is 18.0 Å². The number of halogens is 1. The van der Waals surface area contributed by atoms with E-state index in [1.54, 1.807) is 10.6 Å². The van der Waals surface area contributed by atoms with Crippen LogP contribution in [0.25, 0.3) is 5.69 Å². The molecular weight excluding hydrogens is 551 g/mol. The Morgan fingerprint density at radius 1 is 1.15 bits per heavy atom. The van der Waals surface area contributed by atoms with Gasteiger partial charge in [0.2, 0.25) is 0 Å². The van der Waals surface area contributed by atoms with Gasteiger partial charge < -0.3 is 30.4 Å². The van der Waals surface area contributed by atoms with E-state index in [4.69, 9.17) is 15.2 Å². The molecule has 0 unspecified atom stereocenters. The second kappa shape index (κ2) is 10.4. The molecule has 1 saturated heterocycles. The molecule has 6 rings (SSSR count). The summed E-state index contributed by atoms with van der Waals surface area (Å²) < 4.78 is 55.4. The molecule has 1 saturated carbocycles. The number of aromatic nitrogens is 1. The summed E-state index contributed by atoms with van der Waals surface area (Å²) in [6, 6.07) is 2.59. The molecule has 10 nitrogen and oxygen atoms in total. The van der Waals surface area contributed by atoms with Crippen molar-refractivity contribution in [3.8, 4) is 5.69 Å². The number of benzene rings is 1. The van der Waals surface area contributed by atoms with Crippen molar-refractivity contribution < 1.29 is 31.9 Å². The van der Waals surface area contributed by atoms with E-state index >= 15 is 4.39 Å². The van der Waals surface area contributed by atoms with Gasteiger partial charge in [-0.15, -0.1) is 0 Å². The average Bonchev–Trinajstić information content (AvgIpc) is 3.61. The Balaban J connectivity index is 1.29. The highest BCUT2D eigenvalue weighted by Crippen LogP contribution is 2.44. The van der Waals surface area contributed by atoms with E-state index in [0.717, 1.165) is 19.4 Å². The molecule has 4 heterocycles. The monoisotopic (exact) mass is 588 g/mol. The van der Waals surface area contributed by atoms with Crippen LogP contribution in [0.5, 0.6) is 0 Å². The van der Waals surface area contributed by atoms with E-state index in [1.165, 1.54) is 6.07 Å². The molecule has 1 atom stereocenters. The van der Waals surface area contributed by atoms with Crippen molar-refractivity contribution >= 4 is 27.4 Å². The summed E-state index contributed by atoms with van der Waals surface area (Å²) in [4.78, 5) is 25.0. The van der Waals surface area contributed by atoms with Gasteiger partial charge in [-0.05, 0) is 69.0 Å². The molecule has 0 spiro atoms. The van der Waals surface area contributed by atoms with Gasteiger partial charge in [0, 0.05) is 17.3 Å². The molecule has 2 fully saturated rings. The van der Waals surface area contributed by atoms with Crippen molar-refractivity contribution in [2.45, 2.75) is 95.1 Å². The fourth-order valence-corrected chi connectivity index (χ4v) is 9.30.